The van der Waals surface area contributed by atoms with Crippen molar-refractivity contribution in [2.75, 3.05) is 33.4 Å². The van der Waals surface area contributed by atoms with Crippen LogP contribution in [0.3, 0.4) is 0 Å². The number of methoxy groups -OCH3 is 1. The van der Waals surface area contributed by atoms with Crippen LogP contribution >= 0.6 is 0 Å². The van der Waals surface area contributed by atoms with E-state index in [4.69, 9.17) is 10.5 Å². The highest BCUT2D eigenvalue weighted by molar-refractivity contribution is 5.81. The van der Waals surface area contributed by atoms with E-state index >= 15 is 0 Å². The molecule has 0 bridgehead atoms. The van der Waals surface area contributed by atoms with Crippen LogP contribution < -0.4 is 11.1 Å². The Morgan fingerprint density at radius 1 is 1.45 bits per heavy atom. The molecule has 116 valence electrons. The number of carbonyl (C=O) groups is 1. The first-order chi connectivity index (χ1) is 9.63. The Bertz CT molecular complexity index is 324. The zero-order valence-corrected chi connectivity index (χ0v) is 12.8. The monoisotopic (exact) mass is 283 g/mol. The molecule has 5 heteroatoms. The summed E-state index contributed by atoms with van der Waals surface area (Å²) in [5.74, 6) is 1.42. The van der Waals surface area contributed by atoms with Crippen molar-refractivity contribution in [1.29, 1.82) is 0 Å². The number of nitrogens with zero attached hydrogens (tertiary/aromatic N) is 1. The van der Waals surface area contributed by atoms with Gasteiger partial charge in [0.1, 0.15) is 0 Å². The van der Waals surface area contributed by atoms with Crippen LogP contribution in [0.2, 0.25) is 0 Å². The number of likely N-dealkylation sites (tertiary alicyclic amines) is 1. The van der Waals surface area contributed by atoms with E-state index in [2.05, 4.69) is 10.2 Å². The number of amides is 1. The summed E-state index contributed by atoms with van der Waals surface area (Å²) in [4.78, 5) is 14.5. The SMILES string of the molecule is COCCCNC(=O)C(C)N1CC2CCCC(N)C2C1. The number of carbonyl (C=O) groups excluding carboxylic acids is 1. The second kappa shape index (κ2) is 7.38. The lowest BCUT2D eigenvalue weighted by atomic mass is 9.78. The van der Waals surface area contributed by atoms with Gasteiger partial charge in [0.25, 0.3) is 0 Å². The number of hydrogen-bond donors (Lipinski definition) is 2. The minimum Gasteiger partial charge on any atom is -0.385 e. The van der Waals surface area contributed by atoms with Crippen LogP contribution in [0.5, 0.6) is 0 Å². The number of fused-ring (bicyclic) bond motifs is 1. The van der Waals surface area contributed by atoms with Crippen molar-refractivity contribution in [2.45, 2.75) is 44.7 Å². The zero-order chi connectivity index (χ0) is 14.5. The van der Waals surface area contributed by atoms with Crippen molar-refractivity contribution in [2.24, 2.45) is 17.6 Å². The Morgan fingerprint density at radius 2 is 2.25 bits per heavy atom. The van der Waals surface area contributed by atoms with E-state index in [0.29, 0.717) is 31.0 Å². The molecular weight excluding hydrogens is 254 g/mol. The molecule has 0 aromatic carbocycles. The first-order valence-electron chi connectivity index (χ1n) is 7.89. The van der Waals surface area contributed by atoms with Gasteiger partial charge in [0.15, 0.2) is 0 Å². The molecule has 1 aliphatic heterocycles. The van der Waals surface area contributed by atoms with Gasteiger partial charge in [-0.1, -0.05) is 6.42 Å². The number of ether oxygens (including phenoxy) is 1. The minimum absolute atomic E-state index is 0.0460. The predicted molar refractivity (Wildman–Crippen MR) is 79.3 cm³/mol. The van der Waals surface area contributed by atoms with Crippen LogP contribution in [0.4, 0.5) is 0 Å². The molecule has 2 fully saturated rings. The second-order valence-electron chi connectivity index (χ2n) is 6.29. The van der Waals surface area contributed by atoms with E-state index in [-0.39, 0.29) is 11.9 Å². The van der Waals surface area contributed by atoms with Crippen LogP contribution in [-0.4, -0.2) is 56.2 Å². The number of hydrogen-bond acceptors (Lipinski definition) is 4. The van der Waals surface area contributed by atoms with Gasteiger partial charge in [-0.3, -0.25) is 9.69 Å². The molecule has 20 heavy (non-hydrogen) atoms. The lowest BCUT2D eigenvalue weighted by Crippen LogP contribution is -2.45. The van der Waals surface area contributed by atoms with Crippen LogP contribution in [0.25, 0.3) is 0 Å². The summed E-state index contributed by atoms with van der Waals surface area (Å²) in [5.41, 5.74) is 6.23. The Balaban J connectivity index is 1.78. The summed E-state index contributed by atoms with van der Waals surface area (Å²) in [7, 11) is 1.68. The van der Waals surface area contributed by atoms with E-state index in [1.54, 1.807) is 7.11 Å². The van der Waals surface area contributed by atoms with Crippen LogP contribution in [-0.2, 0) is 9.53 Å². The van der Waals surface area contributed by atoms with Gasteiger partial charge in [0.05, 0.1) is 6.04 Å². The molecule has 4 unspecified atom stereocenters. The van der Waals surface area contributed by atoms with E-state index in [1.807, 2.05) is 6.92 Å². The maximum atomic E-state index is 12.2. The first kappa shape index (κ1) is 15.7. The molecule has 1 aliphatic carbocycles. The van der Waals surface area contributed by atoms with Crippen molar-refractivity contribution in [3.05, 3.63) is 0 Å². The average molecular weight is 283 g/mol. The molecular formula is C15H29N3O2. The minimum atomic E-state index is -0.0460. The Labute approximate surface area is 122 Å². The molecule has 5 nitrogen and oxygen atoms in total. The molecule has 1 amide bonds. The third kappa shape index (κ3) is 3.71. The second-order valence-corrected chi connectivity index (χ2v) is 6.29. The zero-order valence-electron chi connectivity index (χ0n) is 12.8. The van der Waals surface area contributed by atoms with Crippen molar-refractivity contribution < 1.29 is 9.53 Å². The summed E-state index contributed by atoms with van der Waals surface area (Å²) in [5, 5.41) is 2.99. The molecule has 1 heterocycles. The highest BCUT2D eigenvalue weighted by atomic mass is 16.5. The topological polar surface area (TPSA) is 67.6 Å². The van der Waals surface area contributed by atoms with E-state index in [0.717, 1.165) is 25.9 Å². The van der Waals surface area contributed by atoms with Gasteiger partial charge in [-0.2, -0.15) is 0 Å². The summed E-state index contributed by atoms with van der Waals surface area (Å²) >= 11 is 0. The predicted octanol–water partition coefficient (Wildman–Crippen LogP) is 0.587. The van der Waals surface area contributed by atoms with Crippen molar-refractivity contribution >= 4 is 5.91 Å². The van der Waals surface area contributed by atoms with E-state index < -0.39 is 0 Å². The molecule has 0 radical (unpaired) electrons. The highest BCUT2D eigenvalue weighted by Gasteiger charge is 2.41. The Morgan fingerprint density at radius 3 is 2.95 bits per heavy atom. The maximum absolute atomic E-state index is 12.2. The molecule has 0 aromatic heterocycles. The van der Waals surface area contributed by atoms with Crippen LogP contribution in [0.15, 0.2) is 0 Å². The number of nitrogens with two attached hydrogens (primary N) is 1. The maximum Gasteiger partial charge on any atom is 0.237 e. The van der Waals surface area contributed by atoms with Gasteiger partial charge in [-0.15, -0.1) is 0 Å². The van der Waals surface area contributed by atoms with Crippen molar-refractivity contribution in [1.82, 2.24) is 10.2 Å². The van der Waals surface area contributed by atoms with Gasteiger partial charge >= 0.3 is 0 Å². The molecule has 1 saturated heterocycles. The summed E-state index contributed by atoms with van der Waals surface area (Å²) in [6.45, 7) is 5.41. The molecule has 0 aromatic rings. The molecule has 1 saturated carbocycles. The highest BCUT2D eigenvalue weighted by Crippen LogP contribution is 2.36. The largest absolute Gasteiger partial charge is 0.385 e. The Hall–Kier alpha value is -0.650. The Kier molecular flexibility index (Phi) is 5.81. The summed E-state index contributed by atoms with van der Waals surface area (Å²) in [6.07, 6.45) is 4.53. The fraction of sp³-hybridized carbons (Fsp3) is 0.933. The summed E-state index contributed by atoms with van der Waals surface area (Å²) in [6, 6.07) is 0.283. The standard InChI is InChI=1S/C15H29N3O2/c1-11(15(19)17-7-4-8-20-2)18-9-12-5-3-6-14(16)13(12)10-18/h11-14H,3-10,16H2,1-2H3,(H,17,19). The molecule has 4 atom stereocenters. The van der Waals surface area contributed by atoms with Gasteiger partial charge in [-0.05, 0) is 38.0 Å². The third-order valence-corrected chi connectivity index (χ3v) is 4.93. The van der Waals surface area contributed by atoms with Crippen molar-refractivity contribution in [3.8, 4) is 0 Å². The lowest BCUT2D eigenvalue weighted by Gasteiger charge is -2.30. The normalized spacial score (nSPS) is 31.9. The summed E-state index contributed by atoms with van der Waals surface area (Å²) < 4.78 is 4.98. The molecule has 2 aliphatic rings. The average Bonchev–Trinajstić information content (AvgIpc) is 2.88. The van der Waals surface area contributed by atoms with Crippen LogP contribution in [0, 0.1) is 11.8 Å². The smallest absolute Gasteiger partial charge is 0.237 e. The first-order valence-corrected chi connectivity index (χ1v) is 7.89. The molecule has 0 spiro atoms. The van der Waals surface area contributed by atoms with Gasteiger partial charge in [-0.25, -0.2) is 0 Å². The lowest BCUT2D eigenvalue weighted by molar-refractivity contribution is -0.125. The van der Waals surface area contributed by atoms with Gasteiger partial charge in [0, 0.05) is 39.4 Å². The third-order valence-electron chi connectivity index (χ3n) is 4.93. The van der Waals surface area contributed by atoms with E-state index in [9.17, 15) is 4.79 Å². The van der Waals surface area contributed by atoms with E-state index in [1.165, 1.54) is 12.8 Å². The fourth-order valence-electron chi connectivity index (χ4n) is 3.61. The fourth-order valence-corrected chi connectivity index (χ4v) is 3.61. The van der Waals surface area contributed by atoms with Gasteiger partial charge < -0.3 is 15.8 Å². The van der Waals surface area contributed by atoms with Crippen LogP contribution in [0.1, 0.15) is 32.6 Å². The number of rotatable bonds is 6. The molecule has 2 rings (SSSR count). The van der Waals surface area contributed by atoms with Gasteiger partial charge in [0.2, 0.25) is 5.91 Å². The number of nitrogens with one attached hydrogen (secondary N) is 1. The quantitative estimate of drug-likeness (QED) is 0.700. The van der Waals surface area contributed by atoms with Crippen molar-refractivity contribution in [3.63, 3.8) is 0 Å². The molecule has 3 N–H and O–H groups in total.